The summed E-state index contributed by atoms with van der Waals surface area (Å²) in [5, 5.41) is 5.12. The van der Waals surface area contributed by atoms with Crippen LogP contribution in [-0.4, -0.2) is 23.6 Å². The molecule has 84 valence electrons. The van der Waals surface area contributed by atoms with Crippen molar-refractivity contribution in [3.63, 3.8) is 0 Å². The minimum Gasteiger partial charge on any atom is -0.317 e. The Labute approximate surface area is 93.4 Å². The maximum absolute atomic E-state index is 3.43. The van der Waals surface area contributed by atoms with Crippen molar-refractivity contribution >= 4 is 11.8 Å². The molecule has 0 aliphatic heterocycles. The van der Waals surface area contributed by atoms with E-state index < -0.39 is 0 Å². The molecule has 0 heterocycles. The van der Waals surface area contributed by atoms with Crippen LogP contribution < -0.4 is 5.32 Å². The van der Waals surface area contributed by atoms with Gasteiger partial charge >= 0.3 is 0 Å². The lowest BCUT2D eigenvalue weighted by atomic mass is 10.1. The Kier molecular flexibility index (Phi) is 4.78. The van der Waals surface area contributed by atoms with Crippen molar-refractivity contribution in [2.45, 2.75) is 57.1 Å². The fraction of sp³-hybridized carbons (Fsp3) is 1.00. The van der Waals surface area contributed by atoms with Gasteiger partial charge in [-0.25, -0.2) is 0 Å². The molecule has 1 saturated carbocycles. The maximum atomic E-state index is 3.43. The van der Waals surface area contributed by atoms with Crippen LogP contribution in [0, 0.1) is 11.8 Å². The normalized spacial score (nSPS) is 35.1. The predicted molar refractivity (Wildman–Crippen MR) is 66.9 cm³/mol. The van der Waals surface area contributed by atoms with E-state index in [9.17, 15) is 0 Å². The zero-order chi connectivity index (χ0) is 10.7. The smallest absolute Gasteiger partial charge is 0.0101 e. The van der Waals surface area contributed by atoms with E-state index in [4.69, 9.17) is 0 Å². The Balaban J connectivity index is 2.39. The largest absolute Gasteiger partial charge is 0.317 e. The Morgan fingerprint density at radius 1 is 1.21 bits per heavy atom. The highest BCUT2D eigenvalue weighted by molar-refractivity contribution is 8.00. The predicted octanol–water partition coefficient (Wildman–Crippen LogP) is 3.15. The molecule has 14 heavy (non-hydrogen) atoms. The van der Waals surface area contributed by atoms with Crippen LogP contribution in [0.1, 0.15) is 40.5 Å². The molecule has 1 nitrogen and oxygen atoms in total. The van der Waals surface area contributed by atoms with Crippen LogP contribution in [0.5, 0.6) is 0 Å². The number of thioether (sulfide) groups is 1. The second-order valence-electron chi connectivity index (χ2n) is 4.96. The molecule has 1 N–H and O–H groups in total. The highest BCUT2D eigenvalue weighted by atomic mass is 32.2. The average Bonchev–Trinajstić information content (AvgIpc) is 2.47. The summed E-state index contributed by atoms with van der Waals surface area (Å²) in [5.41, 5.74) is 0. The number of rotatable bonds is 4. The van der Waals surface area contributed by atoms with Gasteiger partial charge in [-0.3, -0.25) is 0 Å². The molecule has 1 rings (SSSR count). The van der Waals surface area contributed by atoms with Gasteiger partial charge in [-0.1, -0.05) is 27.7 Å². The minimum atomic E-state index is 0.756. The zero-order valence-electron chi connectivity index (χ0n) is 10.2. The van der Waals surface area contributed by atoms with E-state index in [0.29, 0.717) is 0 Å². The van der Waals surface area contributed by atoms with E-state index in [1.165, 1.54) is 12.8 Å². The molecule has 1 fully saturated rings. The summed E-state index contributed by atoms with van der Waals surface area (Å²) in [6, 6.07) is 0.756. The fourth-order valence-electron chi connectivity index (χ4n) is 2.16. The second-order valence-corrected chi connectivity index (χ2v) is 6.58. The van der Waals surface area contributed by atoms with E-state index in [1.807, 2.05) is 0 Å². The summed E-state index contributed by atoms with van der Waals surface area (Å²) in [6.07, 6.45) is 2.76. The lowest BCUT2D eigenvalue weighted by molar-refractivity contribution is 0.463. The molecular formula is C12H25NS. The van der Waals surface area contributed by atoms with Gasteiger partial charge in [-0.15, -0.1) is 0 Å². The zero-order valence-corrected chi connectivity index (χ0v) is 11.0. The van der Waals surface area contributed by atoms with Crippen LogP contribution in [0.25, 0.3) is 0 Å². The average molecular weight is 215 g/mol. The van der Waals surface area contributed by atoms with Gasteiger partial charge in [-0.05, 0) is 31.7 Å². The van der Waals surface area contributed by atoms with Crippen molar-refractivity contribution in [3.8, 4) is 0 Å². The van der Waals surface area contributed by atoms with Gasteiger partial charge in [0, 0.05) is 16.5 Å². The SMILES string of the molecule is CNC1CCC(SC(C)C(C)C)C1C. The monoisotopic (exact) mass is 215 g/mol. The topological polar surface area (TPSA) is 12.0 Å². The Morgan fingerprint density at radius 2 is 1.86 bits per heavy atom. The minimum absolute atomic E-state index is 0.756. The van der Waals surface area contributed by atoms with Crippen LogP contribution >= 0.6 is 11.8 Å². The quantitative estimate of drug-likeness (QED) is 0.773. The Morgan fingerprint density at radius 3 is 2.29 bits per heavy atom. The molecule has 0 amide bonds. The first-order valence-corrected chi connectivity index (χ1v) is 6.83. The molecule has 1 aliphatic rings. The van der Waals surface area contributed by atoms with Crippen LogP contribution in [0.4, 0.5) is 0 Å². The van der Waals surface area contributed by atoms with Gasteiger partial charge < -0.3 is 5.32 Å². The molecule has 0 aromatic carbocycles. The van der Waals surface area contributed by atoms with E-state index in [0.717, 1.165) is 28.4 Å². The summed E-state index contributed by atoms with van der Waals surface area (Å²) in [5.74, 6) is 1.65. The first-order valence-electron chi connectivity index (χ1n) is 5.89. The van der Waals surface area contributed by atoms with Crippen molar-refractivity contribution in [2.75, 3.05) is 7.05 Å². The second kappa shape index (κ2) is 5.41. The summed E-state index contributed by atoms with van der Waals surface area (Å²) in [4.78, 5) is 0. The van der Waals surface area contributed by atoms with E-state index in [2.05, 4.69) is 51.8 Å². The van der Waals surface area contributed by atoms with Crippen LogP contribution in [0.2, 0.25) is 0 Å². The highest BCUT2D eigenvalue weighted by Gasteiger charge is 2.33. The maximum Gasteiger partial charge on any atom is 0.0101 e. The van der Waals surface area contributed by atoms with Gasteiger partial charge in [0.05, 0.1) is 0 Å². The number of hydrogen-bond donors (Lipinski definition) is 1. The van der Waals surface area contributed by atoms with Gasteiger partial charge in [0.2, 0.25) is 0 Å². The molecule has 0 bridgehead atoms. The van der Waals surface area contributed by atoms with Crippen LogP contribution in [0.15, 0.2) is 0 Å². The van der Waals surface area contributed by atoms with Gasteiger partial charge in [0.25, 0.3) is 0 Å². The number of nitrogens with one attached hydrogen (secondary N) is 1. The van der Waals surface area contributed by atoms with Crippen LogP contribution in [0.3, 0.4) is 0 Å². The molecule has 0 saturated heterocycles. The summed E-state index contributed by atoms with van der Waals surface area (Å²) < 4.78 is 0. The third-order valence-corrected chi connectivity index (χ3v) is 5.67. The molecule has 1 aliphatic carbocycles. The summed E-state index contributed by atoms with van der Waals surface area (Å²) >= 11 is 2.20. The lowest BCUT2D eigenvalue weighted by Crippen LogP contribution is -2.30. The molecular weight excluding hydrogens is 190 g/mol. The fourth-order valence-corrected chi connectivity index (χ4v) is 3.74. The lowest BCUT2D eigenvalue weighted by Gasteiger charge is -2.24. The highest BCUT2D eigenvalue weighted by Crippen LogP contribution is 2.38. The standard InChI is InChI=1S/C12H25NS/c1-8(2)10(4)14-12-7-6-11(13-5)9(12)3/h8-13H,6-7H2,1-5H3. The molecule has 2 heteroatoms. The third kappa shape index (κ3) is 2.90. The molecule has 4 unspecified atom stereocenters. The molecule has 0 aromatic heterocycles. The first kappa shape index (κ1) is 12.4. The van der Waals surface area contributed by atoms with Gasteiger partial charge in [-0.2, -0.15) is 11.8 Å². The molecule has 0 spiro atoms. The summed E-state index contributed by atoms with van der Waals surface area (Å²) in [6.45, 7) is 9.42. The Bertz CT molecular complexity index is 170. The van der Waals surface area contributed by atoms with E-state index >= 15 is 0 Å². The van der Waals surface area contributed by atoms with Crippen molar-refractivity contribution in [1.29, 1.82) is 0 Å². The van der Waals surface area contributed by atoms with Crippen molar-refractivity contribution in [3.05, 3.63) is 0 Å². The van der Waals surface area contributed by atoms with E-state index in [1.54, 1.807) is 0 Å². The summed E-state index contributed by atoms with van der Waals surface area (Å²) in [7, 11) is 2.10. The van der Waals surface area contributed by atoms with Crippen LogP contribution in [-0.2, 0) is 0 Å². The van der Waals surface area contributed by atoms with Gasteiger partial charge in [0.1, 0.15) is 0 Å². The Hall–Kier alpha value is 0.310. The van der Waals surface area contributed by atoms with Crippen molar-refractivity contribution in [2.24, 2.45) is 11.8 Å². The van der Waals surface area contributed by atoms with Crippen molar-refractivity contribution in [1.82, 2.24) is 5.32 Å². The van der Waals surface area contributed by atoms with Crippen molar-refractivity contribution < 1.29 is 0 Å². The molecule has 0 aromatic rings. The molecule has 4 atom stereocenters. The third-order valence-electron chi connectivity index (χ3n) is 3.68. The van der Waals surface area contributed by atoms with Gasteiger partial charge in [0.15, 0.2) is 0 Å². The molecule has 0 radical (unpaired) electrons. The van der Waals surface area contributed by atoms with E-state index in [-0.39, 0.29) is 0 Å². The first-order chi connectivity index (χ1) is 6.56. The number of hydrogen-bond acceptors (Lipinski definition) is 2.